The minimum atomic E-state index is 0.0397. The van der Waals surface area contributed by atoms with Crippen LogP contribution in [0.2, 0.25) is 0 Å². The van der Waals surface area contributed by atoms with E-state index in [1.54, 1.807) is 0 Å². The molecule has 0 bridgehead atoms. The molecule has 1 aromatic carbocycles. The van der Waals surface area contributed by atoms with Gasteiger partial charge in [0.2, 0.25) is 0 Å². The maximum Gasteiger partial charge on any atom is 0.251 e. The average Bonchev–Trinajstić information content (AvgIpc) is 2.39. The van der Waals surface area contributed by atoms with Crippen LogP contribution < -0.4 is 5.32 Å². The third-order valence-corrected chi connectivity index (χ3v) is 4.52. The topological polar surface area (TPSA) is 29.1 Å². The number of halogens is 1. The van der Waals surface area contributed by atoms with E-state index in [-0.39, 0.29) is 11.3 Å². The third kappa shape index (κ3) is 3.73. The highest BCUT2D eigenvalue weighted by atomic mass is 35.5. The van der Waals surface area contributed by atoms with Gasteiger partial charge in [-0.15, -0.1) is 11.6 Å². The molecule has 0 aromatic heterocycles. The lowest BCUT2D eigenvalue weighted by molar-refractivity contribution is 0.0943. The number of carbonyl (C=O) groups is 1. The molecule has 1 aliphatic carbocycles. The molecule has 1 saturated carbocycles. The number of hydrogen-bond donors (Lipinski definition) is 1. The Morgan fingerprint density at radius 2 is 2.16 bits per heavy atom. The van der Waals surface area contributed by atoms with Crippen LogP contribution >= 0.6 is 11.6 Å². The van der Waals surface area contributed by atoms with Crippen molar-refractivity contribution in [1.29, 1.82) is 0 Å². The average molecular weight is 280 g/mol. The van der Waals surface area contributed by atoms with E-state index in [2.05, 4.69) is 5.32 Å². The summed E-state index contributed by atoms with van der Waals surface area (Å²) in [5, 5.41) is 3.35. The van der Waals surface area contributed by atoms with E-state index in [1.165, 1.54) is 12.8 Å². The van der Waals surface area contributed by atoms with E-state index in [4.69, 9.17) is 11.6 Å². The Morgan fingerprint density at radius 1 is 1.37 bits per heavy atom. The number of alkyl halides is 1. The molecule has 0 spiro atoms. The van der Waals surface area contributed by atoms with Crippen LogP contribution in [0, 0.1) is 19.8 Å². The molecule has 0 aliphatic heterocycles. The van der Waals surface area contributed by atoms with Crippen molar-refractivity contribution in [2.45, 2.75) is 44.9 Å². The van der Waals surface area contributed by atoms with Crippen molar-refractivity contribution >= 4 is 17.5 Å². The summed E-state index contributed by atoms with van der Waals surface area (Å²) in [5.41, 5.74) is 3.02. The van der Waals surface area contributed by atoms with Gasteiger partial charge in [0, 0.05) is 17.5 Å². The van der Waals surface area contributed by atoms with E-state index in [0.29, 0.717) is 5.92 Å². The zero-order chi connectivity index (χ0) is 13.8. The Labute approximate surface area is 120 Å². The van der Waals surface area contributed by atoms with Gasteiger partial charge in [-0.2, -0.15) is 0 Å². The Hall–Kier alpha value is -1.02. The molecule has 0 heterocycles. The molecule has 1 aromatic rings. The van der Waals surface area contributed by atoms with Crippen LogP contribution in [0.25, 0.3) is 0 Å². The molecule has 2 rings (SSSR count). The van der Waals surface area contributed by atoms with E-state index in [1.807, 2.05) is 32.0 Å². The minimum Gasteiger partial charge on any atom is -0.352 e. The molecule has 1 fully saturated rings. The Balaban J connectivity index is 1.92. The maximum absolute atomic E-state index is 12.2. The smallest absolute Gasteiger partial charge is 0.251 e. The number of amides is 1. The molecule has 2 unspecified atom stereocenters. The van der Waals surface area contributed by atoms with Crippen molar-refractivity contribution in [2.24, 2.45) is 5.92 Å². The van der Waals surface area contributed by atoms with Crippen molar-refractivity contribution in [2.75, 3.05) is 6.54 Å². The van der Waals surface area contributed by atoms with Crippen LogP contribution in [0.15, 0.2) is 18.2 Å². The predicted molar refractivity (Wildman–Crippen MR) is 79.8 cm³/mol. The van der Waals surface area contributed by atoms with Crippen LogP contribution in [0.3, 0.4) is 0 Å². The molecular weight excluding hydrogens is 258 g/mol. The van der Waals surface area contributed by atoms with Gasteiger partial charge in [-0.3, -0.25) is 4.79 Å². The lowest BCUT2D eigenvalue weighted by Crippen LogP contribution is -2.32. The van der Waals surface area contributed by atoms with Crippen LogP contribution in [0.1, 0.15) is 47.2 Å². The highest BCUT2D eigenvalue weighted by Gasteiger charge is 2.21. The minimum absolute atomic E-state index is 0.0397. The first-order valence-electron chi connectivity index (χ1n) is 7.06. The predicted octanol–water partition coefficient (Wildman–Crippen LogP) is 3.83. The van der Waals surface area contributed by atoms with Crippen molar-refractivity contribution in [3.63, 3.8) is 0 Å². The van der Waals surface area contributed by atoms with Crippen molar-refractivity contribution in [3.8, 4) is 0 Å². The maximum atomic E-state index is 12.2. The van der Waals surface area contributed by atoms with Gasteiger partial charge in [0.05, 0.1) is 0 Å². The molecule has 1 N–H and O–H groups in total. The summed E-state index contributed by atoms with van der Waals surface area (Å²) in [6.45, 7) is 4.78. The first kappa shape index (κ1) is 14.4. The molecule has 0 saturated heterocycles. The molecular formula is C16H22ClNO. The highest BCUT2D eigenvalue weighted by molar-refractivity contribution is 6.20. The second-order valence-electron chi connectivity index (χ2n) is 5.59. The molecule has 3 heteroatoms. The van der Waals surface area contributed by atoms with Crippen LogP contribution in [0.5, 0.6) is 0 Å². The van der Waals surface area contributed by atoms with Crippen LogP contribution in [-0.2, 0) is 0 Å². The number of aryl methyl sites for hydroxylation is 1. The number of nitrogens with one attached hydrogen (secondary N) is 1. The van der Waals surface area contributed by atoms with E-state index in [0.717, 1.165) is 36.1 Å². The summed E-state index contributed by atoms with van der Waals surface area (Å²) in [5.74, 6) is 0.572. The number of rotatable bonds is 3. The molecule has 104 valence electrons. The summed E-state index contributed by atoms with van der Waals surface area (Å²) >= 11 is 6.18. The van der Waals surface area contributed by atoms with Crippen LogP contribution in [0.4, 0.5) is 0 Å². The van der Waals surface area contributed by atoms with Gasteiger partial charge in [-0.25, -0.2) is 0 Å². The first-order valence-corrected chi connectivity index (χ1v) is 7.50. The standard InChI is InChI=1S/C16H22ClNO/c1-11-5-3-8-15(12(11)2)16(19)18-10-13-6-4-7-14(17)9-13/h3,5,8,13-14H,4,6-7,9-10H2,1-2H3,(H,18,19). The van der Waals surface area contributed by atoms with Gasteiger partial charge in [0.15, 0.2) is 0 Å². The van der Waals surface area contributed by atoms with Crippen LogP contribution in [-0.4, -0.2) is 17.8 Å². The van der Waals surface area contributed by atoms with Gasteiger partial charge in [0.1, 0.15) is 0 Å². The van der Waals surface area contributed by atoms with Gasteiger partial charge in [-0.1, -0.05) is 18.6 Å². The van der Waals surface area contributed by atoms with E-state index < -0.39 is 0 Å². The first-order chi connectivity index (χ1) is 9.08. The number of benzene rings is 1. The lowest BCUT2D eigenvalue weighted by atomic mass is 9.89. The fourth-order valence-electron chi connectivity index (χ4n) is 2.74. The molecule has 1 amide bonds. The zero-order valence-corrected chi connectivity index (χ0v) is 12.5. The largest absolute Gasteiger partial charge is 0.352 e. The molecule has 1 aliphatic rings. The Morgan fingerprint density at radius 3 is 2.89 bits per heavy atom. The summed E-state index contributed by atoms with van der Waals surface area (Å²) in [6.07, 6.45) is 4.49. The fraction of sp³-hybridized carbons (Fsp3) is 0.562. The number of carbonyl (C=O) groups excluding carboxylic acids is 1. The SMILES string of the molecule is Cc1cccc(C(=O)NCC2CCCC(Cl)C2)c1C. The fourth-order valence-corrected chi connectivity index (χ4v) is 3.15. The van der Waals surface area contributed by atoms with E-state index in [9.17, 15) is 4.79 Å². The van der Waals surface area contributed by atoms with Crippen molar-refractivity contribution in [1.82, 2.24) is 5.32 Å². The van der Waals surface area contributed by atoms with Crippen molar-refractivity contribution in [3.05, 3.63) is 34.9 Å². The summed E-state index contributed by atoms with van der Waals surface area (Å²) < 4.78 is 0. The summed E-state index contributed by atoms with van der Waals surface area (Å²) in [7, 11) is 0. The normalized spacial score (nSPS) is 23.1. The van der Waals surface area contributed by atoms with E-state index >= 15 is 0 Å². The molecule has 0 radical (unpaired) electrons. The van der Waals surface area contributed by atoms with Gasteiger partial charge < -0.3 is 5.32 Å². The van der Waals surface area contributed by atoms with Gasteiger partial charge >= 0.3 is 0 Å². The second kappa shape index (κ2) is 6.42. The molecule has 19 heavy (non-hydrogen) atoms. The highest BCUT2D eigenvalue weighted by Crippen LogP contribution is 2.27. The summed E-state index contributed by atoms with van der Waals surface area (Å²) in [4.78, 5) is 12.2. The quantitative estimate of drug-likeness (QED) is 0.837. The second-order valence-corrected chi connectivity index (χ2v) is 6.20. The number of hydrogen-bond acceptors (Lipinski definition) is 1. The lowest BCUT2D eigenvalue weighted by Gasteiger charge is -2.25. The Kier molecular flexibility index (Phi) is 4.87. The molecule has 2 atom stereocenters. The third-order valence-electron chi connectivity index (χ3n) is 4.12. The molecule has 2 nitrogen and oxygen atoms in total. The van der Waals surface area contributed by atoms with Gasteiger partial charge in [0.25, 0.3) is 5.91 Å². The Bertz CT molecular complexity index is 458. The van der Waals surface area contributed by atoms with Gasteiger partial charge in [-0.05, 0) is 56.2 Å². The monoisotopic (exact) mass is 279 g/mol. The summed E-state index contributed by atoms with van der Waals surface area (Å²) in [6, 6.07) is 5.86. The van der Waals surface area contributed by atoms with Crippen molar-refractivity contribution < 1.29 is 4.79 Å². The zero-order valence-electron chi connectivity index (χ0n) is 11.7.